The zero-order chi connectivity index (χ0) is 14.4. The van der Waals surface area contributed by atoms with Crippen molar-refractivity contribution in [3.8, 4) is 11.8 Å². The number of carbonyl (C=O) groups is 1. The highest BCUT2D eigenvalue weighted by Crippen LogP contribution is 2.05. The summed E-state index contributed by atoms with van der Waals surface area (Å²) in [4.78, 5) is 13.8. The topological polar surface area (TPSA) is 20.3 Å². The van der Waals surface area contributed by atoms with E-state index in [1.807, 2.05) is 32.6 Å². The molecule has 0 aliphatic rings. The van der Waals surface area contributed by atoms with E-state index in [2.05, 4.69) is 43.0 Å². The van der Waals surface area contributed by atoms with Gasteiger partial charge in [0.1, 0.15) is 0 Å². The van der Waals surface area contributed by atoms with Crippen LogP contribution >= 0.6 is 0 Å². The molecule has 1 aromatic rings. The van der Waals surface area contributed by atoms with Crippen LogP contribution in [-0.2, 0) is 11.2 Å². The van der Waals surface area contributed by atoms with Crippen LogP contribution in [0.5, 0.6) is 0 Å². The van der Waals surface area contributed by atoms with E-state index in [1.54, 1.807) is 0 Å². The monoisotopic (exact) mass is 257 g/mol. The minimum atomic E-state index is -0.0860. The van der Waals surface area contributed by atoms with Gasteiger partial charge in [0.25, 0.3) is 5.91 Å². The van der Waals surface area contributed by atoms with Gasteiger partial charge in [0.15, 0.2) is 0 Å². The third kappa shape index (κ3) is 4.79. The Morgan fingerprint density at radius 1 is 1.11 bits per heavy atom. The third-order valence-corrected chi connectivity index (χ3v) is 2.96. The van der Waals surface area contributed by atoms with Crippen LogP contribution < -0.4 is 0 Å². The van der Waals surface area contributed by atoms with Gasteiger partial charge in [-0.25, -0.2) is 0 Å². The molecule has 0 N–H and O–H groups in total. The first-order valence-corrected chi connectivity index (χ1v) is 6.78. The SMILES string of the molecule is Cc1ccc(CC#CC(=O)N(C(C)C)C(C)C)cc1. The van der Waals surface area contributed by atoms with Crippen molar-refractivity contribution in [3.63, 3.8) is 0 Å². The number of hydrogen-bond donors (Lipinski definition) is 0. The molecule has 102 valence electrons. The van der Waals surface area contributed by atoms with Gasteiger partial charge >= 0.3 is 0 Å². The van der Waals surface area contributed by atoms with Crippen molar-refractivity contribution < 1.29 is 4.79 Å². The number of benzene rings is 1. The summed E-state index contributed by atoms with van der Waals surface area (Å²) in [5.41, 5.74) is 2.38. The Bertz CT molecular complexity index is 466. The number of amides is 1. The van der Waals surface area contributed by atoms with Crippen molar-refractivity contribution in [1.82, 2.24) is 4.90 Å². The molecule has 0 atom stereocenters. The second-order valence-electron chi connectivity index (χ2n) is 5.36. The van der Waals surface area contributed by atoms with Gasteiger partial charge in [-0.2, -0.15) is 0 Å². The van der Waals surface area contributed by atoms with E-state index in [-0.39, 0.29) is 18.0 Å². The van der Waals surface area contributed by atoms with Gasteiger partial charge in [-0.3, -0.25) is 4.79 Å². The zero-order valence-electron chi connectivity index (χ0n) is 12.5. The molecule has 2 nitrogen and oxygen atoms in total. The number of rotatable bonds is 3. The molecule has 1 rings (SSSR count). The van der Waals surface area contributed by atoms with Crippen LogP contribution in [0.3, 0.4) is 0 Å². The molecular formula is C17H23NO. The van der Waals surface area contributed by atoms with Crippen molar-refractivity contribution in [3.05, 3.63) is 35.4 Å². The van der Waals surface area contributed by atoms with Gasteiger partial charge < -0.3 is 4.90 Å². The van der Waals surface area contributed by atoms with E-state index in [1.165, 1.54) is 5.56 Å². The molecule has 0 fully saturated rings. The van der Waals surface area contributed by atoms with Crippen LogP contribution in [0.2, 0.25) is 0 Å². The van der Waals surface area contributed by atoms with Crippen LogP contribution in [0, 0.1) is 18.8 Å². The highest BCUT2D eigenvalue weighted by atomic mass is 16.2. The average Bonchev–Trinajstić information content (AvgIpc) is 2.30. The van der Waals surface area contributed by atoms with Gasteiger partial charge in [-0.05, 0) is 46.1 Å². The summed E-state index contributed by atoms with van der Waals surface area (Å²) in [6.07, 6.45) is 0.621. The molecule has 1 aromatic carbocycles. The number of nitrogens with zero attached hydrogens (tertiary/aromatic N) is 1. The predicted molar refractivity (Wildman–Crippen MR) is 79.8 cm³/mol. The first-order chi connectivity index (χ1) is 8.91. The van der Waals surface area contributed by atoms with Crippen LogP contribution in [-0.4, -0.2) is 22.9 Å². The Morgan fingerprint density at radius 2 is 1.63 bits per heavy atom. The number of aryl methyl sites for hydroxylation is 1. The van der Waals surface area contributed by atoms with E-state index in [0.29, 0.717) is 6.42 Å². The fraction of sp³-hybridized carbons (Fsp3) is 0.471. The van der Waals surface area contributed by atoms with Crippen molar-refractivity contribution in [2.45, 2.75) is 53.1 Å². The largest absolute Gasteiger partial charge is 0.327 e. The highest BCUT2D eigenvalue weighted by Gasteiger charge is 2.17. The molecule has 0 aliphatic carbocycles. The van der Waals surface area contributed by atoms with Crippen LogP contribution in [0.4, 0.5) is 0 Å². The maximum Gasteiger partial charge on any atom is 0.298 e. The normalized spacial score (nSPS) is 10.3. The van der Waals surface area contributed by atoms with E-state index in [9.17, 15) is 4.79 Å². The molecule has 2 heteroatoms. The molecule has 0 spiro atoms. The summed E-state index contributed by atoms with van der Waals surface area (Å²) in [5, 5.41) is 0. The molecule has 0 unspecified atom stereocenters. The van der Waals surface area contributed by atoms with E-state index < -0.39 is 0 Å². The molecule has 19 heavy (non-hydrogen) atoms. The summed E-state index contributed by atoms with van der Waals surface area (Å²) in [6.45, 7) is 10.1. The van der Waals surface area contributed by atoms with Gasteiger partial charge in [-0.1, -0.05) is 35.7 Å². The molecule has 0 bridgehead atoms. The fourth-order valence-corrected chi connectivity index (χ4v) is 2.06. The van der Waals surface area contributed by atoms with Crippen molar-refractivity contribution >= 4 is 5.91 Å². The lowest BCUT2D eigenvalue weighted by atomic mass is 10.1. The minimum Gasteiger partial charge on any atom is -0.327 e. The number of carbonyl (C=O) groups excluding carboxylic acids is 1. The van der Waals surface area contributed by atoms with Crippen LogP contribution in [0.25, 0.3) is 0 Å². The second kappa shape index (κ2) is 6.99. The molecule has 0 radical (unpaired) electrons. The standard InChI is InChI=1S/C17H23NO/c1-13(2)18(14(3)4)17(19)8-6-7-16-11-9-15(5)10-12-16/h9-14H,7H2,1-5H3. The molecular weight excluding hydrogens is 234 g/mol. The fourth-order valence-electron chi connectivity index (χ4n) is 2.06. The number of hydrogen-bond acceptors (Lipinski definition) is 1. The summed E-state index contributed by atoms with van der Waals surface area (Å²) in [5.74, 6) is 5.63. The molecule has 1 amide bonds. The molecule has 0 heterocycles. The van der Waals surface area contributed by atoms with Crippen molar-refractivity contribution in [1.29, 1.82) is 0 Å². The predicted octanol–water partition coefficient (Wildman–Crippen LogP) is 3.19. The zero-order valence-corrected chi connectivity index (χ0v) is 12.5. The van der Waals surface area contributed by atoms with Gasteiger partial charge in [0.05, 0.1) is 0 Å². The lowest BCUT2D eigenvalue weighted by Gasteiger charge is -2.28. The molecule has 0 saturated carbocycles. The van der Waals surface area contributed by atoms with Crippen molar-refractivity contribution in [2.24, 2.45) is 0 Å². The summed E-state index contributed by atoms with van der Waals surface area (Å²) in [6, 6.07) is 8.59. The average molecular weight is 257 g/mol. The van der Waals surface area contributed by atoms with Crippen LogP contribution in [0.1, 0.15) is 38.8 Å². The maximum atomic E-state index is 12.0. The molecule has 0 saturated heterocycles. The Balaban J connectivity index is 2.67. The molecule has 0 aromatic heterocycles. The third-order valence-electron chi connectivity index (χ3n) is 2.96. The van der Waals surface area contributed by atoms with Crippen LogP contribution in [0.15, 0.2) is 24.3 Å². The van der Waals surface area contributed by atoms with Gasteiger partial charge in [-0.15, -0.1) is 0 Å². The Labute approximate surface area is 116 Å². The minimum absolute atomic E-state index is 0.0860. The van der Waals surface area contributed by atoms with E-state index in [0.717, 1.165) is 5.56 Å². The summed E-state index contributed by atoms with van der Waals surface area (Å²) < 4.78 is 0. The van der Waals surface area contributed by atoms with Gasteiger partial charge in [0, 0.05) is 18.5 Å². The highest BCUT2D eigenvalue weighted by molar-refractivity contribution is 5.93. The lowest BCUT2D eigenvalue weighted by Crippen LogP contribution is -2.41. The smallest absolute Gasteiger partial charge is 0.298 e. The summed E-state index contributed by atoms with van der Waals surface area (Å²) in [7, 11) is 0. The van der Waals surface area contributed by atoms with Crippen molar-refractivity contribution in [2.75, 3.05) is 0 Å². The first kappa shape index (κ1) is 15.3. The Kier molecular flexibility index (Phi) is 5.63. The quantitative estimate of drug-likeness (QED) is 0.762. The Hall–Kier alpha value is -1.75. The lowest BCUT2D eigenvalue weighted by molar-refractivity contribution is -0.128. The van der Waals surface area contributed by atoms with E-state index >= 15 is 0 Å². The van der Waals surface area contributed by atoms with E-state index in [4.69, 9.17) is 0 Å². The summed E-state index contributed by atoms with van der Waals surface area (Å²) >= 11 is 0. The second-order valence-corrected chi connectivity index (χ2v) is 5.36. The molecule has 0 aliphatic heterocycles. The first-order valence-electron chi connectivity index (χ1n) is 6.78. The van der Waals surface area contributed by atoms with Gasteiger partial charge in [0.2, 0.25) is 0 Å². The maximum absolute atomic E-state index is 12.0. The Morgan fingerprint density at radius 3 is 2.11 bits per heavy atom.